The molecule has 0 heterocycles. The zero-order valence-electron chi connectivity index (χ0n) is 14.8. The van der Waals surface area contributed by atoms with Crippen molar-refractivity contribution in [2.75, 3.05) is 11.9 Å². The average Bonchev–Trinajstić information content (AvgIpc) is 2.57. The van der Waals surface area contributed by atoms with Crippen LogP contribution in [-0.4, -0.2) is 18.4 Å². The number of aryl methyl sites for hydroxylation is 3. The van der Waals surface area contributed by atoms with E-state index >= 15 is 0 Å². The fourth-order valence-corrected chi connectivity index (χ4v) is 2.88. The molecule has 0 radical (unpaired) electrons. The predicted octanol–water partition coefficient (Wildman–Crippen LogP) is 4.69. The Kier molecular flexibility index (Phi) is 6.83. The SMILES string of the molecule is Cc1cc(C)c(NC(=O)CNC(=O)/C=C/c2ccc(Cl)c(Cl)c2)c(C)c1. The smallest absolute Gasteiger partial charge is 0.244 e. The molecule has 2 aromatic rings. The number of hydrogen-bond donors (Lipinski definition) is 2. The van der Waals surface area contributed by atoms with Gasteiger partial charge in [-0.2, -0.15) is 0 Å². The van der Waals surface area contributed by atoms with E-state index in [0.717, 1.165) is 27.9 Å². The maximum absolute atomic E-state index is 12.1. The van der Waals surface area contributed by atoms with E-state index in [4.69, 9.17) is 23.2 Å². The quantitative estimate of drug-likeness (QED) is 0.727. The second-order valence-corrected chi connectivity index (χ2v) is 6.86. The van der Waals surface area contributed by atoms with Gasteiger partial charge in [-0.3, -0.25) is 9.59 Å². The highest BCUT2D eigenvalue weighted by molar-refractivity contribution is 6.42. The minimum atomic E-state index is -0.372. The summed E-state index contributed by atoms with van der Waals surface area (Å²) in [6.07, 6.45) is 2.94. The molecule has 2 aromatic carbocycles. The number of rotatable bonds is 5. The molecule has 0 bridgehead atoms. The molecule has 0 aliphatic carbocycles. The lowest BCUT2D eigenvalue weighted by atomic mass is 10.1. The summed E-state index contributed by atoms with van der Waals surface area (Å²) in [7, 11) is 0. The summed E-state index contributed by atoms with van der Waals surface area (Å²) in [5, 5.41) is 6.26. The van der Waals surface area contributed by atoms with Crippen LogP contribution < -0.4 is 10.6 Å². The summed E-state index contributed by atoms with van der Waals surface area (Å²) in [5.74, 6) is -0.653. The van der Waals surface area contributed by atoms with E-state index in [0.29, 0.717) is 10.0 Å². The number of halogens is 2. The summed E-state index contributed by atoms with van der Waals surface area (Å²) in [5.41, 5.74) is 4.63. The van der Waals surface area contributed by atoms with Gasteiger partial charge in [0.15, 0.2) is 0 Å². The molecule has 0 aliphatic heterocycles. The van der Waals surface area contributed by atoms with Crippen LogP contribution in [-0.2, 0) is 9.59 Å². The third-order valence-electron chi connectivity index (χ3n) is 3.74. The highest BCUT2D eigenvalue weighted by Crippen LogP contribution is 2.23. The summed E-state index contributed by atoms with van der Waals surface area (Å²) >= 11 is 11.8. The molecule has 0 atom stereocenters. The van der Waals surface area contributed by atoms with E-state index in [1.54, 1.807) is 24.3 Å². The lowest BCUT2D eigenvalue weighted by Crippen LogP contribution is -2.32. The van der Waals surface area contributed by atoms with Crippen LogP contribution in [0.1, 0.15) is 22.3 Å². The summed E-state index contributed by atoms with van der Waals surface area (Å²) < 4.78 is 0. The standard InChI is InChI=1S/C20H20Cl2N2O2/c1-12-8-13(2)20(14(3)9-12)24-19(26)11-23-18(25)7-5-15-4-6-16(21)17(22)10-15/h4-10H,11H2,1-3H3,(H,23,25)(H,24,26)/b7-5+. The lowest BCUT2D eigenvalue weighted by molar-refractivity contribution is -0.121. The van der Waals surface area contributed by atoms with Crippen molar-refractivity contribution in [2.45, 2.75) is 20.8 Å². The maximum Gasteiger partial charge on any atom is 0.244 e. The number of amides is 2. The number of nitrogens with one attached hydrogen (secondary N) is 2. The van der Waals surface area contributed by atoms with E-state index in [-0.39, 0.29) is 18.4 Å². The molecule has 2 rings (SSSR count). The molecule has 0 spiro atoms. The first-order chi connectivity index (χ1) is 12.3. The minimum absolute atomic E-state index is 0.114. The second-order valence-electron chi connectivity index (χ2n) is 6.05. The number of carbonyl (C=O) groups is 2. The van der Waals surface area contributed by atoms with Crippen LogP contribution in [0.4, 0.5) is 5.69 Å². The van der Waals surface area contributed by atoms with E-state index in [1.165, 1.54) is 6.08 Å². The van der Waals surface area contributed by atoms with Crippen molar-refractivity contribution in [1.82, 2.24) is 5.32 Å². The third-order valence-corrected chi connectivity index (χ3v) is 4.47. The highest BCUT2D eigenvalue weighted by Gasteiger charge is 2.09. The molecular formula is C20H20Cl2N2O2. The van der Waals surface area contributed by atoms with Gasteiger partial charge in [0.2, 0.25) is 11.8 Å². The molecule has 0 saturated carbocycles. The molecule has 0 fully saturated rings. The largest absolute Gasteiger partial charge is 0.343 e. The maximum atomic E-state index is 12.1. The van der Waals surface area contributed by atoms with Gasteiger partial charge in [0.05, 0.1) is 16.6 Å². The molecule has 136 valence electrons. The van der Waals surface area contributed by atoms with Gasteiger partial charge >= 0.3 is 0 Å². The average molecular weight is 391 g/mol. The van der Waals surface area contributed by atoms with Crippen LogP contribution in [0.5, 0.6) is 0 Å². The molecule has 0 aliphatic rings. The van der Waals surface area contributed by atoms with Gasteiger partial charge in [-0.15, -0.1) is 0 Å². The Bertz CT molecular complexity index is 853. The van der Waals surface area contributed by atoms with Crippen molar-refractivity contribution >= 4 is 46.8 Å². The van der Waals surface area contributed by atoms with Crippen molar-refractivity contribution < 1.29 is 9.59 Å². The van der Waals surface area contributed by atoms with Crippen LogP contribution in [0.2, 0.25) is 10.0 Å². The predicted molar refractivity (Wildman–Crippen MR) is 108 cm³/mol. The van der Waals surface area contributed by atoms with E-state index in [9.17, 15) is 9.59 Å². The Morgan fingerprint density at radius 2 is 1.65 bits per heavy atom. The Labute approximate surface area is 163 Å². The van der Waals surface area contributed by atoms with Crippen molar-refractivity contribution in [3.63, 3.8) is 0 Å². The molecule has 0 saturated heterocycles. The van der Waals surface area contributed by atoms with Crippen molar-refractivity contribution in [3.8, 4) is 0 Å². The van der Waals surface area contributed by atoms with Gasteiger partial charge in [-0.05, 0) is 55.7 Å². The van der Waals surface area contributed by atoms with Gasteiger partial charge in [-0.25, -0.2) is 0 Å². The zero-order valence-corrected chi connectivity index (χ0v) is 16.3. The van der Waals surface area contributed by atoms with Gasteiger partial charge < -0.3 is 10.6 Å². The second kappa shape index (κ2) is 8.88. The first-order valence-corrected chi connectivity index (χ1v) is 8.80. The van der Waals surface area contributed by atoms with Gasteiger partial charge in [-0.1, -0.05) is 47.0 Å². The van der Waals surface area contributed by atoms with Crippen molar-refractivity contribution in [3.05, 3.63) is 68.7 Å². The van der Waals surface area contributed by atoms with Crippen molar-refractivity contribution in [2.24, 2.45) is 0 Å². The van der Waals surface area contributed by atoms with E-state index < -0.39 is 0 Å². The first-order valence-electron chi connectivity index (χ1n) is 8.05. The summed E-state index contributed by atoms with van der Waals surface area (Å²) in [6, 6.07) is 9.06. The highest BCUT2D eigenvalue weighted by atomic mass is 35.5. The molecule has 2 N–H and O–H groups in total. The van der Waals surface area contributed by atoms with Crippen LogP contribution in [0, 0.1) is 20.8 Å². The topological polar surface area (TPSA) is 58.2 Å². The Morgan fingerprint density at radius 1 is 1.00 bits per heavy atom. The van der Waals surface area contributed by atoms with Crippen LogP contribution in [0.3, 0.4) is 0 Å². The monoisotopic (exact) mass is 390 g/mol. The molecule has 0 unspecified atom stereocenters. The normalized spacial score (nSPS) is 10.8. The van der Waals surface area contributed by atoms with Gasteiger partial charge in [0.1, 0.15) is 0 Å². The lowest BCUT2D eigenvalue weighted by Gasteiger charge is -2.13. The minimum Gasteiger partial charge on any atom is -0.343 e. The summed E-state index contributed by atoms with van der Waals surface area (Å²) in [6.45, 7) is 5.77. The summed E-state index contributed by atoms with van der Waals surface area (Å²) in [4.78, 5) is 23.9. The molecule has 4 nitrogen and oxygen atoms in total. The number of benzene rings is 2. The Balaban J connectivity index is 1.90. The zero-order chi connectivity index (χ0) is 19.3. The van der Waals surface area contributed by atoms with Gasteiger partial charge in [0.25, 0.3) is 0 Å². The fourth-order valence-electron chi connectivity index (χ4n) is 2.58. The van der Waals surface area contributed by atoms with E-state index in [1.807, 2.05) is 32.9 Å². The first kappa shape index (κ1) is 20.0. The molecule has 6 heteroatoms. The molecule has 2 amide bonds. The van der Waals surface area contributed by atoms with Crippen LogP contribution >= 0.6 is 23.2 Å². The number of anilines is 1. The molecule has 26 heavy (non-hydrogen) atoms. The number of hydrogen-bond acceptors (Lipinski definition) is 2. The molecule has 0 aromatic heterocycles. The Morgan fingerprint density at radius 3 is 2.27 bits per heavy atom. The number of carbonyl (C=O) groups excluding carboxylic acids is 2. The van der Waals surface area contributed by atoms with E-state index in [2.05, 4.69) is 10.6 Å². The Hall–Kier alpha value is -2.30. The van der Waals surface area contributed by atoms with Crippen molar-refractivity contribution in [1.29, 1.82) is 0 Å². The van der Waals surface area contributed by atoms with Gasteiger partial charge in [0, 0.05) is 11.8 Å². The van der Waals surface area contributed by atoms with Crippen LogP contribution in [0.15, 0.2) is 36.4 Å². The third kappa shape index (κ3) is 5.61. The molecular weight excluding hydrogens is 371 g/mol. The fraction of sp³-hybridized carbons (Fsp3) is 0.200. The van der Waals surface area contributed by atoms with Crippen LogP contribution in [0.25, 0.3) is 6.08 Å².